The molecule has 0 saturated heterocycles. The summed E-state index contributed by atoms with van der Waals surface area (Å²) in [4.78, 5) is 24.2. The van der Waals surface area contributed by atoms with Gasteiger partial charge in [-0.05, 0) is 55.7 Å². The summed E-state index contributed by atoms with van der Waals surface area (Å²) in [7, 11) is 0. The quantitative estimate of drug-likeness (QED) is 0.570. The highest BCUT2D eigenvalue weighted by molar-refractivity contribution is 5.85. The first-order valence-electron chi connectivity index (χ1n) is 10.0. The average molecular weight is 418 g/mol. The van der Waals surface area contributed by atoms with E-state index in [9.17, 15) is 9.59 Å². The van der Waals surface area contributed by atoms with E-state index in [0.29, 0.717) is 11.5 Å². The molecule has 3 aromatic rings. The SMILES string of the molecule is Cc1ccc(OCC(=O)NNC(=O)C(C)Oc2ccc(-c3ccccc3)cc2)c(C)c1. The molecule has 0 saturated carbocycles. The summed E-state index contributed by atoms with van der Waals surface area (Å²) in [5.74, 6) is 0.259. The first-order valence-corrected chi connectivity index (χ1v) is 10.0. The fourth-order valence-electron chi connectivity index (χ4n) is 2.99. The van der Waals surface area contributed by atoms with Gasteiger partial charge in [-0.1, -0.05) is 60.2 Å². The maximum absolute atomic E-state index is 12.2. The summed E-state index contributed by atoms with van der Waals surface area (Å²) < 4.78 is 11.2. The van der Waals surface area contributed by atoms with Crippen molar-refractivity contribution in [3.8, 4) is 22.6 Å². The van der Waals surface area contributed by atoms with Crippen molar-refractivity contribution in [2.75, 3.05) is 6.61 Å². The van der Waals surface area contributed by atoms with Gasteiger partial charge in [0, 0.05) is 0 Å². The van der Waals surface area contributed by atoms with Gasteiger partial charge in [0.15, 0.2) is 12.7 Å². The third-order valence-corrected chi connectivity index (χ3v) is 4.66. The third-order valence-electron chi connectivity index (χ3n) is 4.66. The van der Waals surface area contributed by atoms with Gasteiger partial charge in [0.05, 0.1) is 0 Å². The van der Waals surface area contributed by atoms with Gasteiger partial charge >= 0.3 is 0 Å². The van der Waals surface area contributed by atoms with E-state index in [-0.39, 0.29) is 6.61 Å². The van der Waals surface area contributed by atoms with Gasteiger partial charge in [0.1, 0.15) is 11.5 Å². The van der Waals surface area contributed by atoms with Crippen molar-refractivity contribution >= 4 is 11.8 Å². The smallest absolute Gasteiger partial charge is 0.279 e. The zero-order valence-electron chi connectivity index (χ0n) is 17.8. The molecule has 0 fully saturated rings. The van der Waals surface area contributed by atoms with Gasteiger partial charge in [0.25, 0.3) is 11.8 Å². The van der Waals surface area contributed by atoms with E-state index in [1.165, 1.54) is 0 Å². The molecule has 0 aliphatic carbocycles. The summed E-state index contributed by atoms with van der Waals surface area (Å²) in [5.41, 5.74) is 8.91. The number of ether oxygens (including phenoxy) is 2. The van der Waals surface area contributed by atoms with Gasteiger partial charge in [-0.15, -0.1) is 0 Å². The van der Waals surface area contributed by atoms with E-state index in [1.54, 1.807) is 6.92 Å². The van der Waals surface area contributed by atoms with Crippen LogP contribution in [0.15, 0.2) is 72.8 Å². The second-order valence-electron chi connectivity index (χ2n) is 7.25. The Bertz CT molecular complexity index is 1030. The maximum Gasteiger partial charge on any atom is 0.279 e. The first kappa shape index (κ1) is 21.9. The second kappa shape index (κ2) is 10.3. The lowest BCUT2D eigenvalue weighted by Gasteiger charge is -2.16. The normalized spacial score (nSPS) is 11.3. The van der Waals surface area contributed by atoms with Crippen molar-refractivity contribution in [2.45, 2.75) is 26.9 Å². The molecular formula is C25H26N2O4. The van der Waals surface area contributed by atoms with Gasteiger partial charge in [-0.25, -0.2) is 0 Å². The molecule has 0 spiro atoms. The van der Waals surface area contributed by atoms with Crippen LogP contribution in [-0.2, 0) is 9.59 Å². The molecule has 1 unspecified atom stereocenters. The number of rotatable bonds is 7. The molecule has 3 aromatic carbocycles. The fourth-order valence-corrected chi connectivity index (χ4v) is 2.99. The van der Waals surface area contributed by atoms with E-state index in [1.807, 2.05) is 86.6 Å². The lowest BCUT2D eigenvalue weighted by Crippen LogP contribution is -2.48. The van der Waals surface area contributed by atoms with E-state index >= 15 is 0 Å². The van der Waals surface area contributed by atoms with E-state index in [2.05, 4.69) is 10.9 Å². The maximum atomic E-state index is 12.2. The molecule has 1 atom stereocenters. The van der Waals surface area contributed by atoms with Gasteiger partial charge < -0.3 is 9.47 Å². The Morgan fingerprint density at radius 3 is 2.23 bits per heavy atom. The Hall–Kier alpha value is -3.80. The lowest BCUT2D eigenvalue weighted by atomic mass is 10.1. The lowest BCUT2D eigenvalue weighted by molar-refractivity contribution is -0.133. The Morgan fingerprint density at radius 2 is 1.55 bits per heavy atom. The number of hydrogen-bond donors (Lipinski definition) is 2. The molecular weight excluding hydrogens is 392 g/mol. The highest BCUT2D eigenvalue weighted by Crippen LogP contribution is 2.22. The molecule has 6 nitrogen and oxygen atoms in total. The number of benzene rings is 3. The van der Waals surface area contributed by atoms with Crippen LogP contribution in [0.2, 0.25) is 0 Å². The van der Waals surface area contributed by atoms with Crippen molar-refractivity contribution in [1.29, 1.82) is 0 Å². The van der Waals surface area contributed by atoms with Crippen LogP contribution in [0.25, 0.3) is 11.1 Å². The minimum Gasteiger partial charge on any atom is -0.483 e. The molecule has 0 aliphatic rings. The van der Waals surface area contributed by atoms with Gasteiger partial charge in [-0.3, -0.25) is 20.4 Å². The molecule has 2 amide bonds. The Labute approximate surface area is 182 Å². The summed E-state index contributed by atoms with van der Waals surface area (Å²) in [5, 5.41) is 0. The van der Waals surface area contributed by atoms with Gasteiger partial charge in [0.2, 0.25) is 0 Å². The van der Waals surface area contributed by atoms with E-state index in [0.717, 1.165) is 22.3 Å². The number of nitrogens with one attached hydrogen (secondary N) is 2. The highest BCUT2D eigenvalue weighted by atomic mass is 16.5. The van der Waals surface area contributed by atoms with Crippen LogP contribution >= 0.6 is 0 Å². The first-order chi connectivity index (χ1) is 14.9. The molecule has 160 valence electrons. The third kappa shape index (κ3) is 6.34. The average Bonchev–Trinajstić information content (AvgIpc) is 2.78. The minimum atomic E-state index is -0.789. The van der Waals surface area contributed by atoms with Crippen LogP contribution in [0.1, 0.15) is 18.1 Å². The van der Waals surface area contributed by atoms with Crippen molar-refractivity contribution in [2.24, 2.45) is 0 Å². The molecule has 6 heteroatoms. The van der Waals surface area contributed by atoms with Crippen LogP contribution in [0.3, 0.4) is 0 Å². The minimum absolute atomic E-state index is 0.208. The number of hydrazine groups is 1. The molecule has 0 bridgehead atoms. The second-order valence-corrected chi connectivity index (χ2v) is 7.25. The van der Waals surface area contributed by atoms with Gasteiger partial charge in [-0.2, -0.15) is 0 Å². The zero-order valence-corrected chi connectivity index (χ0v) is 17.8. The zero-order chi connectivity index (χ0) is 22.2. The topological polar surface area (TPSA) is 76.7 Å². The summed E-state index contributed by atoms with van der Waals surface area (Å²) in [6.45, 7) is 5.30. The van der Waals surface area contributed by atoms with Crippen LogP contribution in [0.5, 0.6) is 11.5 Å². The van der Waals surface area contributed by atoms with Crippen molar-refractivity contribution in [3.05, 3.63) is 83.9 Å². The van der Waals surface area contributed by atoms with Crippen LogP contribution in [0, 0.1) is 13.8 Å². The van der Waals surface area contributed by atoms with Crippen molar-refractivity contribution < 1.29 is 19.1 Å². The van der Waals surface area contributed by atoms with E-state index < -0.39 is 17.9 Å². The largest absolute Gasteiger partial charge is 0.483 e. The molecule has 31 heavy (non-hydrogen) atoms. The summed E-state index contributed by atoms with van der Waals surface area (Å²) in [6.07, 6.45) is -0.789. The number of carbonyl (C=O) groups is 2. The predicted molar refractivity (Wildman–Crippen MR) is 120 cm³/mol. The summed E-state index contributed by atoms with van der Waals surface area (Å²) in [6, 6.07) is 23.2. The van der Waals surface area contributed by atoms with Crippen molar-refractivity contribution in [3.63, 3.8) is 0 Å². The number of amides is 2. The molecule has 3 rings (SSSR count). The summed E-state index contributed by atoms with van der Waals surface area (Å²) >= 11 is 0. The number of hydrogen-bond acceptors (Lipinski definition) is 4. The molecule has 0 heterocycles. The molecule has 0 radical (unpaired) electrons. The standard InChI is InChI=1S/C25H26N2O4/c1-17-9-14-23(18(2)15-17)30-16-24(28)26-27-25(29)19(3)31-22-12-10-21(11-13-22)20-7-5-4-6-8-20/h4-15,19H,16H2,1-3H3,(H,26,28)(H,27,29). The van der Waals surface area contributed by atoms with Crippen LogP contribution < -0.4 is 20.3 Å². The fraction of sp³-hybridized carbons (Fsp3) is 0.200. The van der Waals surface area contributed by atoms with E-state index in [4.69, 9.17) is 9.47 Å². The highest BCUT2D eigenvalue weighted by Gasteiger charge is 2.16. The number of aryl methyl sites for hydroxylation is 2. The van der Waals surface area contributed by atoms with Crippen LogP contribution in [0.4, 0.5) is 0 Å². The Kier molecular flexibility index (Phi) is 7.27. The van der Waals surface area contributed by atoms with Crippen molar-refractivity contribution in [1.82, 2.24) is 10.9 Å². The Morgan fingerprint density at radius 1 is 0.871 bits per heavy atom. The Balaban J connectivity index is 1.44. The predicted octanol–water partition coefficient (Wildman–Crippen LogP) is 3.96. The molecule has 0 aliphatic heterocycles. The monoisotopic (exact) mass is 418 g/mol. The molecule has 0 aromatic heterocycles. The number of carbonyl (C=O) groups excluding carboxylic acids is 2. The van der Waals surface area contributed by atoms with Crippen LogP contribution in [-0.4, -0.2) is 24.5 Å². The molecule has 2 N–H and O–H groups in total.